The lowest BCUT2D eigenvalue weighted by Gasteiger charge is -2.37. The topological polar surface area (TPSA) is 75.5 Å². The van der Waals surface area contributed by atoms with Crippen LogP contribution in [-0.4, -0.2) is 77.4 Å². The lowest BCUT2D eigenvalue weighted by molar-refractivity contribution is 0.0581. The van der Waals surface area contributed by atoms with Crippen LogP contribution in [0.15, 0.2) is 30.3 Å². The number of piperazine rings is 1. The first kappa shape index (κ1) is 20.7. The number of nitrogens with zero attached hydrogens (tertiary/aromatic N) is 4. The fourth-order valence-electron chi connectivity index (χ4n) is 5.20. The second-order valence-corrected chi connectivity index (χ2v) is 11.2. The molecule has 1 atom stereocenters. The van der Waals surface area contributed by atoms with E-state index < -0.39 is 9.84 Å². The molecule has 0 saturated carbocycles. The minimum atomic E-state index is -2.89. The van der Waals surface area contributed by atoms with E-state index in [0.717, 1.165) is 56.0 Å². The molecule has 2 saturated heterocycles. The molecule has 1 unspecified atom stereocenters. The van der Waals surface area contributed by atoms with Crippen LogP contribution >= 0.6 is 0 Å². The second kappa shape index (κ2) is 8.39. The van der Waals surface area contributed by atoms with Crippen LogP contribution in [0.25, 0.3) is 11.4 Å². The van der Waals surface area contributed by atoms with Gasteiger partial charge in [0.1, 0.15) is 11.5 Å². The predicted molar refractivity (Wildman–Crippen MR) is 120 cm³/mol. The maximum absolute atomic E-state index is 13.5. The minimum absolute atomic E-state index is 0.0199. The van der Waals surface area contributed by atoms with Gasteiger partial charge in [-0.3, -0.25) is 9.69 Å². The summed E-state index contributed by atoms with van der Waals surface area (Å²) in [6, 6.07) is 10.2. The Hall–Kier alpha value is -2.19. The van der Waals surface area contributed by atoms with Crippen molar-refractivity contribution >= 4 is 15.7 Å². The Morgan fingerprint density at radius 3 is 2.45 bits per heavy atom. The highest BCUT2D eigenvalue weighted by Crippen LogP contribution is 2.28. The van der Waals surface area contributed by atoms with E-state index in [1.165, 1.54) is 6.42 Å². The molecule has 31 heavy (non-hydrogen) atoms. The number of amides is 1. The summed E-state index contributed by atoms with van der Waals surface area (Å²) in [5.74, 6) is 1.47. The van der Waals surface area contributed by atoms with Crippen molar-refractivity contribution in [1.82, 2.24) is 19.4 Å². The quantitative estimate of drug-likeness (QED) is 0.729. The van der Waals surface area contributed by atoms with Crippen molar-refractivity contribution < 1.29 is 13.2 Å². The Labute approximate surface area is 184 Å². The van der Waals surface area contributed by atoms with Crippen LogP contribution in [0.4, 0.5) is 0 Å². The van der Waals surface area contributed by atoms with Crippen LogP contribution < -0.4 is 0 Å². The van der Waals surface area contributed by atoms with Crippen LogP contribution in [0.5, 0.6) is 0 Å². The van der Waals surface area contributed by atoms with Gasteiger partial charge < -0.3 is 9.47 Å². The zero-order valence-corrected chi connectivity index (χ0v) is 18.7. The number of imidazole rings is 1. The highest BCUT2D eigenvalue weighted by atomic mass is 32.2. The van der Waals surface area contributed by atoms with Gasteiger partial charge in [0, 0.05) is 44.3 Å². The summed E-state index contributed by atoms with van der Waals surface area (Å²) in [7, 11) is -2.89. The molecule has 0 radical (unpaired) electrons. The molecule has 0 bridgehead atoms. The average Bonchev–Trinajstić information content (AvgIpc) is 3.24. The van der Waals surface area contributed by atoms with E-state index in [4.69, 9.17) is 4.98 Å². The van der Waals surface area contributed by atoms with Gasteiger partial charge >= 0.3 is 0 Å². The number of carbonyl (C=O) groups is 1. The molecule has 8 heteroatoms. The van der Waals surface area contributed by atoms with Crippen molar-refractivity contribution in [3.05, 3.63) is 41.7 Å². The summed E-state index contributed by atoms with van der Waals surface area (Å²) in [5, 5.41) is 0. The fourth-order valence-corrected chi connectivity index (χ4v) is 6.96. The van der Waals surface area contributed by atoms with Gasteiger partial charge in [0.25, 0.3) is 5.91 Å². The number of fused-ring (bicyclic) bond motifs is 1. The zero-order valence-electron chi connectivity index (χ0n) is 17.9. The average molecular weight is 443 g/mol. The Morgan fingerprint density at radius 1 is 0.968 bits per heavy atom. The first-order valence-electron chi connectivity index (χ1n) is 11.4. The van der Waals surface area contributed by atoms with E-state index in [1.54, 1.807) is 0 Å². The molecule has 3 aliphatic rings. The van der Waals surface area contributed by atoms with E-state index >= 15 is 0 Å². The Bertz CT molecular complexity index is 1060. The number of sulfone groups is 1. The van der Waals surface area contributed by atoms with Crippen LogP contribution in [0.1, 0.15) is 41.9 Å². The number of carbonyl (C=O) groups excluding carboxylic acids is 1. The molecule has 2 aromatic rings. The largest absolute Gasteiger partial charge is 0.335 e. The van der Waals surface area contributed by atoms with E-state index in [0.29, 0.717) is 31.0 Å². The number of aromatic nitrogens is 2. The fraction of sp³-hybridized carbons (Fsp3) is 0.565. The SMILES string of the molecule is O=C(c1nc(-c2ccccc2)n2c1CCCCC2)N1CCN(C2CCS(=O)(=O)C2)CC1. The third-order valence-corrected chi connectivity index (χ3v) is 8.68. The Kier molecular flexibility index (Phi) is 5.60. The van der Waals surface area contributed by atoms with E-state index in [2.05, 4.69) is 21.6 Å². The van der Waals surface area contributed by atoms with Crippen molar-refractivity contribution in [2.45, 2.75) is 44.7 Å². The molecule has 1 aromatic carbocycles. The van der Waals surface area contributed by atoms with Gasteiger partial charge in [-0.2, -0.15) is 0 Å². The lowest BCUT2D eigenvalue weighted by atomic mass is 10.1. The van der Waals surface area contributed by atoms with E-state index in [1.807, 2.05) is 23.1 Å². The van der Waals surface area contributed by atoms with Gasteiger partial charge in [-0.05, 0) is 25.7 Å². The molecule has 5 rings (SSSR count). The van der Waals surface area contributed by atoms with Gasteiger partial charge in [-0.25, -0.2) is 13.4 Å². The molecule has 1 amide bonds. The summed E-state index contributed by atoms with van der Waals surface area (Å²) in [6.45, 7) is 3.62. The van der Waals surface area contributed by atoms with Crippen molar-refractivity contribution in [3.63, 3.8) is 0 Å². The summed E-state index contributed by atoms with van der Waals surface area (Å²) in [5.41, 5.74) is 2.74. The lowest BCUT2D eigenvalue weighted by Crippen LogP contribution is -2.52. The maximum atomic E-state index is 13.5. The van der Waals surface area contributed by atoms with E-state index in [-0.39, 0.29) is 17.7 Å². The minimum Gasteiger partial charge on any atom is -0.335 e. The molecular weight excluding hydrogens is 412 g/mol. The standard InChI is InChI=1S/C23H30N4O3S/c28-23(26-14-12-25(13-15-26)19-10-16-31(29,30)17-19)21-20-9-5-2-6-11-27(20)22(24-21)18-7-3-1-4-8-18/h1,3-4,7-8,19H,2,5-6,9-17H2. The molecule has 7 nitrogen and oxygen atoms in total. The smallest absolute Gasteiger partial charge is 0.274 e. The third-order valence-electron chi connectivity index (χ3n) is 6.93. The summed E-state index contributed by atoms with van der Waals surface area (Å²) >= 11 is 0. The van der Waals surface area contributed by atoms with Crippen LogP contribution in [0.3, 0.4) is 0 Å². The summed E-state index contributed by atoms with van der Waals surface area (Å²) < 4.78 is 25.9. The van der Waals surface area contributed by atoms with Gasteiger partial charge in [0.15, 0.2) is 9.84 Å². The number of benzene rings is 1. The molecule has 1 aromatic heterocycles. The Morgan fingerprint density at radius 2 is 1.74 bits per heavy atom. The second-order valence-electron chi connectivity index (χ2n) is 8.94. The van der Waals surface area contributed by atoms with Crippen molar-refractivity contribution in [1.29, 1.82) is 0 Å². The Balaban J connectivity index is 1.36. The first-order chi connectivity index (χ1) is 15.0. The zero-order chi connectivity index (χ0) is 21.4. The normalized spacial score (nSPS) is 24.0. The van der Waals surface area contributed by atoms with Crippen LogP contribution in [0, 0.1) is 0 Å². The van der Waals surface area contributed by atoms with Crippen LogP contribution in [0.2, 0.25) is 0 Å². The van der Waals surface area contributed by atoms with Gasteiger partial charge in [0.05, 0.1) is 17.2 Å². The van der Waals surface area contributed by atoms with Gasteiger partial charge in [-0.15, -0.1) is 0 Å². The van der Waals surface area contributed by atoms with Crippen LogP contribution in [-0.2, 0) is 22.8 Å². The highest BCUT2D eigenvalue weighted by Gasteiger charge is 2.35. The summed E-state index contributed by atoms with van der Waals surface area (Å²) in [4.78, 5) is 22.5. The monoisotopic (exact) mass is 442 g/mol. The summed E-state index contributed by atoms with van der Waals surface area (Å²) in [6.07, 6.45) is 4.97. The predicted octanol–water partition coefficient (Wildman–Crippen LogP) is 2.22. The van der Waals surface area contributed by atoms with Crippen molar-refractivity contribution in [3.8, 4) is 11.4 Å². The molecule has 3 aliphatic heterocycles. The number of hydrogen-bond donors (Lipinski definition) is 0. The molecule has 0 aliphatic carbocycles. The highest BCUT2D eigenvalue weighted by molar-refractivity contribution is 7.91. The van der Waals surface area contributed by atoms with Crippen molar-refractivity contribution in [2.75, 3.05) is 37.7 Å². The molecule has 0 N–H and O–H groups in total. The third kappa shape index (κ3) is 4.15. The molecule has 2 fully saturated rings. The van der Waals surface area contributed by atoms with Gasteiger partial charge in [-0.1, -0.05) is 36.8 Å². The number of hydrogen-bond acceptors (Lipinski definition) is 5. The maximum Gasteiger partial charge on any atom is 0.274 e. The first-order valence-corrected chi connectivity index (χ1v) is 13.2. The molecular formula is C23H30N4O3S. The molecule has 0 spiro atoms. The number of rotatable bonds is 3. The molecule has 166 valence electrons. The van der Waals surface area contributed by atoms with Crippen molar-refractivity contribution in [2.24, 2.45) is 0 Å². The van der Waals surface area contributed by atoms with Gasteiger partial charge in [0.2, 0.25) is 0 Å². The van der Waals surface area contributed by atoms with E-state index in [9.17, 15) is 13.2 Å². The molecule has 4 heterocycles.